The van der Waals surface area contributed by atoms with Gasteiger partial charge in [0.25, 0.3) is 0 Å². The van der Waals surface area contributed by atoms with Crippen molar-refractivity contribution < 1.29 is 4.79 Å². The van der Waals surface area contributed by atoms with E-state index in [0.29, 0.717) is 23.8 Å². The van der Waals surface area contributed by atoms with Gasteiger partial charge in [-0.2, -0.15) is 0 Å². The highest BCUT2D eigenvalue weighted by Crippen LogP contribution is 2.48. The molecule has 0 aromatic rings. The van der Waals surface area contributed by atoms with E-state index < -0.39 is 0 Å². The van der Waals surface area contributed by atoms with Crippen LogP contribution in [0, 0.1) is 17.8 Å². The number of fused-ring (bicyclic) bond motifs is 2. The largest absolute Gasteiger partial charge is 0.353 e. The van der Waals surface area contributed by atoms with Crippen molar-refractivity contribution in [2.45, 2.75) is 51.5 Å². The summed E-state index contributed by atoms with van der Waals surface area (Å²) >= 11 is 3.42. The second kappa shape index (κ2) is 5.52. The van der Waals surface area contributed by atoms with Crippen LogP contribution in [0.5, 0.6) is 0 Å². The van der Waals surface area contributed by atoms with E-state index in [1.807, 2.05) is 0 Å². The molecule has 0 spiro atoms. The summed E-state index contributed by atoms with van der Waals surface area (Å²) in [7, 11) is 0. The molecule has 16 heavy (non-hydrogen) atoms. The van der Waals surface area contributed by atoms with Gasteiger partial charge in [-0.15, -0.1) is 0 Å². The number of hydrogen-bond donors (Lipinski definition) is 1. The Kier molecular flexibility index (Phi) is 4.28. The summed E-state index contributed by atoms with van der Waals surface area (Å²) in [6, 6.07) is 0.337. The number of nitrogens with one attached hydrogen (secondary N) is 1. The lowest BCUT2D eigenvalue weighted by atomic mass is 9.88. The second-order valence-electron chi connectivity index (χ2n) is 5.52. The van der Waals surface area contributed by atoms with Crippen LogP contribution >= 0.6 is 15.9 Å². The minimum Gasteiger partial charge on any atom is -0.353 e. The smallest absolute Gasteiger partial charge is 0.223 e. The molecule has 0 saturated heterocycles. The fraction of sp³-hybridized carbons (Fsp3) is 0.923. The van der Waals surface area contributed by atoms with Crippen LogP contribution in [-0.4, -0.2) is 17.3 Å². The normalized spacial score (nSPS) is 34.0. The number of alkyl halides is 1. The van der Waals surface area contributed by atoms with Gasteiger partial charge < -0.3 is 5.32 Å². The molecule has 2 saturated carbocycles. The third kappa shape index (κ3) is 2.79. The van der Waals surface area contributed by atoms with Gasteiger partial charge in [0.1, 0.15) is 0 Å². The minimum atomic E-state index is 0.328. The number of amides is 1. The maximum Gasteiger partial charge on any atom is 0.223 e. The Morgan fingerprint density at radius 3 is 2.81 bits per heavy atom. The van der Waals surface area contributed by atoms with Crippen LogP contribution in [0.1, 0.15) is 45.4 Å². The summed E-state index contributed by atoms with van der Waals surface area (Å²) < 4.78 is 0. The zero-order chi connectivity index (χ0) is 11.5. The maximum absolute atomic E-state index is 12.1. The molecule has 2 nitrogen and oxygen atoms in total. The third-order valence-corrected chi connectivity index (χ3v) is 4.80. The molecule has 3 heteroatoms. The Bertz CT molecular complexity index is 256. The highest BCUT2D eigenvalue weighted by molar-refractivity contribution is 9.09. The first-order valence-corrected chi connectivity index (χ1v) is 7.69. The van der Waals surface area contributed by atoms with E-state index >= 15 is 0 Å². The SMILES string of the molecule is CC(CCCBr)NC(=O)C1CC2CCC1C2. The monoisotopic (exact) mass is 287 g/mol. The third-order valence-electron chi connectivity index (χ3n) is 4.23. The van der Waals surface area contributed by atoms with Crippen molar-refractivity contribution in [3.8, 4) is 0 Å². The lowest BCUT2D eigenvalue weighted by Crippen LogP contribution is -2.39. The predicted octanol–water partition coefficient (Wildman–Crippen LogP) is 3.10. The van der Waals surface area contributed by atoms with E-state index in [-0.39, 0.29) is 0 Å². The molecule has 0 aromatic carbocycles. The average molecular weight is 288 g/mol. The zero-order valence-corrected chi connectivity index (χ0v) is 11.6. The fourth-order valence-corrected chi connectivity index (χ4v) is 3.69. The highest BCUT2D eigenvalue weighted by atomic mass is 79.9. The summed E-state index contributed by atoms with van der Waals surface area (Å²) in [5, 5.41) is 4.21. The van der Waals surface area contributed by atoms with Gasteiger partial charge in [-0.3, -0.25) is 4.79 Å². The number of halogens is 1. The minimum absolute atomic E-state index is 0.328. The van der Waals surface area contributed by atoms with E-state index in [1.165, 1.54) is 19.3 Å². The van der Waals surface area contributed by atoms with Gasteiger partial charge in [-0.25, -0.2) is 0 Å². The Hall–Kier alpha value is -0.0500. The van der Waals surface area contributed by atoms with Crippen molar-refractivity contribution >= 4 is 21.8 Å². The van der Waals surface area contributed by atoms with Crippen LogP contribution in [0.25, 0.3) is 0 Å². The molecular weight excluding hydrogens is 266 g/mol. The summed E-state index contributed by atoms with van der Waals surface area (Å²) in [4.78, 5) is 12.1. The highest BCUT2D eigenvalue weighted by Gasteiger charge is 2.43. The molecule has 2 aliphatic rings. The van der Waals surface area contributed by atoms with Crippen molar-refractivity contribution in [2.24, 2.45) is 17.8 Å². The second-order valence-corrected chi connectivity index (χ2v) is 6.32. The fourth-order valence-electron chi connectivity index (χ4n) is 3.37. The summed E-state index contributed by atoms with van der Waals surface area (Å²) in [6.45, 7) is 2.12. The Balaban J connectivity index is 1.75. The Morgan fingerprint density at radius 2 is 2.25 bits per heavy atom. The van der Waals surface area contributed by atoms with Crippen molar-refractivity contribution in [3.63, 3.8) is 0 Å². The van der Waals surface area contributed by atoms with E-state index in [4.69, 9.17) is 0 Å². The molecule has 2 bridgehead atoms. The van der Waals surface area contributed by atoms with Crippen LogP contribution in [0.2, 0.25) is 0 Å². The molecule has 0 aromatic heterocycles. The molecule has 2 fully saturated rings. The number of hydrogen-bond acceptors (Lipinski definition) is 1. The molecular formula is C13H22BrNO. The van der Waals surface area contributed by atoms with Crippen molar-refractivity contribution in [1.82, 2.24) is 5.32 Å². The molecule has 1 N–H and O–H groups in total. The van der Waals surface area contributed by atoms with Gasteiger partial charge in [0.2, 0.25) is 5.91 Å². The van der Waals surface area contributed by atoms with Crippen LogP contribution < -0.4 is 5.32 Å². The molecule has 2 aliphatic carbocycles. The molecule has 4 unspecified atom stereocenters. The van der Waals surface area contributed by atoms with E-state index in [1.54, 1.807) is 0 Å². The van der Waals surface area contributed by atoms with Gasteiger partial charge in [0.05, 0.1) is 0 Å². The Morgan fingerprint density at radius 1 is 1.44 bits per heavy atom. The van der Waals surface area contributed by atoms with Crippen LogP contribution in [-0.2, 0) is 4.79 Å². The van der Waals surface area contributed by atoms with Crippen LogP contribution in [0.4, 0.5) is 0 Å². The van der Waals surface area contributed by atoms with Crippen LogP contribution in [0.15, 0.2) is 0 Å². The average Bonchev–Trinajstić information content (AvgIpc) is 2.87. The zero-order valence-electron chi connectivity index (χ0n) is 10.0. The lowest BCUT2D eigenvalue weighted by molar-refractivity contribution is -0.127. The molecule has 1 amide bonds. The molecule has 0 heterocycles. The predicted molar refractivity (Wildman–Crippen MR) is 69.6 cm³/mol. The van der Waals surface area contributed by atoms with Gasteiger partial charge >= 0.3 is 0 Å². The number of carbonyl (C=O) groups excluding carboxylic acids is 1. The summed E-state index contributed by atoms with van der Waals surface area (Å²) in [5.74, 6) is 2.23. The first-order chi connectivity index (χ1) is 7.70. The summed E-state index contributed by atoms with van der Waals surface area (Å²) in [6.07, 6.45) is 7.34. The van der Waals surface area contributed by atoms with Gasteiger partial charge in [-0.05, 0) is 50.9 Å². The van der Waals surface area contributed by atoms with Gasteiger partial charge in [-0.1, -0.05) is 22.4 Å². The topological polar surface area (TPSA) is 29.1 Å². The Labute approximate surface area is 107 Å². The maximum atomic E-state index is 12.1. The van der Waals surface area contributed by atoms with E-state index in [9.17, 15) is 4.79 Å². The first-order valence-electron chi connectivity index (χ1n) is 6.57. The number of carbonyl (C=O) groups is 1. The van der Waals surface area contributed by atoms with Crippen molar-refractivity contribution in [2.75, 3.05) is 5.33 Å². The summed E-state index contributed by atoms with van der Waals surface area (Å²) in [5.41, 5.74) is 0. The number of rotatable bonds is 5. The molecule has 2 rings (SSSR count). The molecule has 4 atom stereocenters. The van der Waals surface area contributed by atoms with E-state index in [2.05, 4.69) is 28.2 Å². The van der Waals surface area contributed by atoms with Gasteiger partial charge in [0.15, 0.2) is 0 Å². The lowest BCUT2D eigenvalue weighted by Gasteiger charge is -2.23. The van der Waals surface area contributed by atoms with Crippen molar-refractivity contribution in [1.29, 1.82) is 0 Å². The quantitative estimate of drug-likeness (QED) is 0.774. The standard InChI is InChI=1S/C13H22BrNO/c1-9(3-2-6-14)15-13(16)12-8-10-4-5-11(12)7-10/h9-12H,2-8H2,1H3,(H,15,16). The van der Waals surface area contributed by atoms with E-state index in [0.717, 1.165) is 30.5 Å². The molecule has 92 valence electrons. The molecule has 0 radical (unpaired) electrons. The molecule has 0 aliphatic heterocycles. The first kappa shape index (κ1) is 12.4. The van der Waals surface area contributed by atoms with Crippen molar-refractivity contribution in [3.05, 3.63) is 0 Å². The van der Waals surface area contributed by atoms with Crippen LogP contribution in [0.3, 0.4) is 0 Å². The van der Waals surface area contributed by atoms with Gasteiger partial charge in [0, 0.05) is 17.3 Å².